The van der Waals surface area contributed by atoms with Crippen LogP contribution in [0.15, 0.2) is 0 Å². The smallest absolute Gasteiger partial charge is 0.323 e. The molecule has 0 fully saturated rings. The maximum absolute atomic E-state index is 10.2. The van der Waals surface area contributed by atoms with Crippen molar-refractivity contribution in [3.63, 3.8) is 0 Å². The van der Waals surface area contributed by atoms with Gasteiger partial charge in [0.2, 0.25) is 0 Å². The first kappa shape index (κ1) is 8.11. The zero-order valence-electron chi connectivity index (χ0n) is 4.83. The quantitative estimate of drug-likeness (QED) is 0.441. The van der Waals surface area contributed by atoms with Gasteiger partial charge in [-0.3, -0.25) is 4.57 Å². The average Bonchev–Trinajstić information content (AvgIpc) is 1.25. The fraction of sp³-hybridized carbons (Fsp3) is 1.00. The van der Waals surface area contributed by atoms with Crippen molar-refractivity contribution in [2.45, 2.75) is 19.1 Å². The highest BCUT2D eigenvalue weighted by molar-refractivity contribution is 7.53. The Balaban J connectivity index is 4.26. The molecule has 0 amide bonds. The van der Waals surface area contributed by atoms with Crippen molar-refractivity contribution in [1.29, 1.82) is 0 Å². The highest BCUT2D eigenvalue weighted by atomic mass is 31.2. The lowest BCUT2D eigenvalue weighted by atomic mass is 10.4. The minimum Gasteiger partial charge on any atom is -0.323 e. The molecule has 0 aromatic carbocycles. The van der Waals surface area contributed by atoms with Crippen LogP contribution in [0.3, 0.4) is 0 Å². The van der Waals surface area contributed by atoms with Crippen LogP contribution in [0.5, 0.6) is 0 Å². The average molecular weight is 139 g/mol. The fourth-order valence-corrected chi connectivity index (χ4v) is 0. The summed E-state index contributed by atoms with van der Waals surface area (Å²) in [6, 6.07) is 0. The normalized spacial score (nSPS) is 14.1. The maximum Gasteiger partial charge on any atom is 0.344 e. The summed E-state index contributed by atoms with van der Waals surface area (Å²) in [5.41, 5.74) is 5.05. The zero-order valence-corrected chi connectivity index (χ0v) is 5.72. The van der Waals surface area contributed by atoms with Gasteiger partial charge in [0.15, 0.2) is 0 Å². The van der Waals surface area contributed by atoms with Gasteiger partial charge in [-0.15, -0.1) is 0 Å². The van der Waals surface area contributed by atoms with Crippen LogP contribution in [-0.2, 0) is 4.57 Å². The summed E-state index contributed by atoms with van der Waals surface area (Å²) in [4.78, 5) is 16.7. The SMILES string of the molecule is CC(C)(N)P(=O)(O)O. The summed E-state index contributed by atoms with van der Waals surface area (Å²) >= 11 is 0. The van der Waals surface area contributed by atoms with Crippen LogP contribution < -0.4 is 5.73 Å². The monoisotopic (exact) mass is 139 g/mol. The summed E-state index contributed by atoms with van der Waals surface area (Å²) < 4.78 is 10.2. The second-order valence-corrected chi connectivity index (χ2v) is 4.44. The number of rotatable bonds is 1. The third-order valence-electron chi connectivity index (χ3n) is 0.751. The molecule has 0 saturated carbocycles. The first-order valence-electron chi connectivity index (χ1n) is 2.09. The minimum absolute atomic E-state index is 1.29. The van der Waals surface area contributed by atoms with E-state index in [9.17, 15) is 4.57 Å². The Morgan fingerprint density at radius 1 is 1.50 bits per heavy atom. The van der Waals surface area contributed by atoms with Crippen LogP contribution in [0.2, 0.25) is 0 Å². The molecule has 4 nitrogen and oxygen atoms in total. The third-order valence-corrected chi connectivity index (χ3v) is 2.25. The van der Waals surface area contributed by atoms with Gasteiger partial charge >= 0.3 is 7.60 Å². The second kappa shape index (κ2) is 1.81. The van der Waals surface area contributed by atoms with Crippen LogP contribution in [-0.4, -0.2) is 15.1 Å². The highest BCUT2D eigenvalue weighted by Crippen LogP contribution is 2.45. The second-order valence-electron chi connectivity index (χ2n) is 2.20. The molecule has 0 atom stereocenters. The van der Waals surface area contributed by atoms with Gasteiger partial charge in [-0.1, -0.05) is 0 Å². The van der Waals surface area contributed by atoms with E-state index in [-0.39, 0.29) is 0 Å². The molecule has 8 heavy (non-hydrogen) atoms. The summed E-state index contributed by atoms with van der Waals surface area (Å²) in [5, 5.41) is -1.40. The molecule has 0 unspecified atom stereocenters. The largest absolute Gasteiger partial charge is 0.344 e. The summed E-state index contributed by atoms with van der Waals surface area (Å²) in [5.74, 6) is 0. The first-order chi connectivity index (χ1) is 3.25. The van der Waals surface area contributed by atoms with Crippen molar-refractivity contribution in [3.8, 4) is 0 Å². The molecular weight excluding hydrogens is 129 g/mol. The van der Waals surface area contributed by atoms with Gasteiger partial charge < -0.3 is 15.5 Å². The predicted molar refractivity (Wildman–Crippen MR) is 30.3 cm³/mol. The van der Waals surface area contributed by atoms with Gasteiger partial charge in [0.25, 0.3) is 0 Å². The molecule has 0 aliphatic carbocycles. The van der Waals surface area contributed by atoms with Crippen molar-refractivity contribution in [3.05, 3.63) is 0 Å². The lowest BCUT2D eigenvalue weighted by Crippen LogP contribution is -2.31. The van der Waals surface area contributed by atoms with Crippen molar-refractivity contribution in [1.82, 2.24) is 0 Å². The molecule has 0 rings (SSSR count). The Bertz CT molecular complexity index is 121. The molecular formula is C3H10NO3P. The molecule has 0 radical (unpaired) electrons. The van der Waals surface area contributed by atoms with E-state index >= 15 is 0 Å². The number of hydrogen-bond acceptors (Lipinski definition) is 2. The summed E-state index contributed by atoms with van der Waals surface area (Å²) in [6.45, 7) is 2.57. The van der Waals surface area contributed by atoms with Crippen LogP contribution in [0, 0.1) is 0 Å². The Morgan fingerprint density at radius 2 is 1.62 bits per heavy atom. The summed E-state index contributed by atoms with van der Waals surface area (Å²) in [6.07, 6.45) is 0. The molecule has 0 aromatic heterocycles. The molecule has 0 heterocycles. The van der Waals surface area contributed by atoms with E-state index in [4.69, 9.17) is 15.5 Å². The summed E-state index contributed by atoms with van der Waals surface area (Å²) in [7, 11) is -4.07. The Hall–Kier alpha value is 0.110. The Morgan fingerprint density at radius 3 is 1.62 bits per heavy atom. The Labute approximate surface area is 47.9 Å². The Kier molecular flexibility index (Phi) is 1.83. The van der Waals surface area contributed by atoms with Crippen molar-refractivity contribution < 1.29 is 14.4 Å². The predicted octanol–water partition coefficient (Wildman–Crippen LogP) is -0.141. The molecule has 0 spiro atoms. The van der Waals surface area contributed by atoms with Crippen LogP contribution in [0.1, 0.15) is 13.8 Å². The molecule has 5 heteroatoms. The first-order valence-corrected chi connectivity index (χ1v) is 3.71. The van der Waals surface area contributed by atoms with Gasteiger partial charge in [0.1, 0.15) is 5.28 Å². The van der Waals surface area contributed by atoms with Crippen LogP contribution in [0.4, 0.5) is 0 Å². The zero-order chi connectivity index (χ0) is 7.00. The van der Waals surface area contributed by atoms with E-state index in [0.717, 1.165) is 0 Å². The molecule has 0 saturated heterocycles. The van der Waals surface area contributed by atoms with E-state index < -0.39 is 12.9 Å². The van der Waals surface area contributed by atoms with E-state index in [0.29, 0.717) is 0 Å². The topological polar surface area (TPSA) is 83.6 Å². The molecule has 4 N–H and O–H groups in total. The van der Waals surface area contributed by atoms with Gasteiger partial charge in [-0.2, -0.15) is 0 Å². The standard InChI is InChI=1S/C3H10NO3P/c1-3(2,4)8(5,6)7/h4H2,1-2H3,(H2,5,6,7). The molecule has 0 aromatic rings. The van der Waals surface area contributed by atoms with E-state index in [1.165, 1.54) is 13.8 Å². The molecule has 50 valence electrons. The maximum atomic E-state index is 10.2. The van der Waals surface area contributed by atoms with Gasteiger partial charge in [0.05, 0.1) is 0 Å². The lowest BCUT2D eigenvalue weighted by molar-refractivity contribution is 0.338. The minimum atomic E-state index is -4.07. The van der Waals surface area contributed by atoms with Crippen molar-refractivity contribution >= 4 is 7.60 Å². The van der Waals surface area contributed by atoms with Gasteiger partial charge in [-0.05, 0) is 13.8 Å². The van der Waals surface area contributed by atoms with Gasteiger partial charge in [0, 0.05) is 0 Å². The molecule has 0 bridgehead atoms. The third kappa shape index (κ3) is 1.92. The molecule has 0 aliphatic rings. The van der Waals surface area contributed by atoms with E-state index in [1.54, 1.807) is 0 Å². The van der Waals surface area contributed by atoms with Gasteiger partial charge in [-0.25, -0.2) is 0 Å². The molecule has 0 aliphatic heterocycles. The van der Waals surface area contributed by atoms with Crippen molar-refractivity contribution in [2.75, 3.05) is 0 Å². The van der Waals surface area contributed by atoms with Crippen LogP contribution in [0.25, 0.3) is 0 Å². The number of hydrogen-bond donors (Lipinski definition) is 3. The fourth-order valence-electron chi connectivity index (χ4n) is 0. The van der Waals surface area contributed by atoms with Crippen molar-refractivity contribution in [2.24, 2.45) is 5.73 Å². The van der Waals surface area contributed by atoms with E-state index in [2.05, 4.69) is 0 Å². The number of nitrogens with two attached hydrogens (primary N) is 1. The lowest BCUT2D eigenvalue weighted by Gasteiger charge is -2.19. The van der Waals surface area contributed by atoms with Crippen LogP contribution >= 0.6 is 7.60 Å². The van der Waals surface area contributed by atoms with E-state index in [1.807, 2.05) is 0 Å². The highest BCUT2D eigenvalue weighted by Gasteiger charge is 2.32.